The van der Waals surface area contributed by atoms with Gasteiger partial charge in [-0.3, -0.25) is 4.90 Å². The molecule has 1 aliphatic heterocycles. The minimum atomic E-state index is 0.565. The lowest BCUT2D eigenvalue weighted by Crippen LogP contribution is -2.19. The smallest absolute Gasteiger partial charge is 0.238 e. The van der Waals surface area contributed by atoms with Crippen molar-refractivity contribution in [2.75, 3.05) is 4.90 Å². The lowest BCUT2D eigenvalue weighted by atomic mass is 9.89. The van der Waals surface area contributed by atoms with Crippen LogP contribution in [0.2, 0.25) is 0 Å². The van der Waals surface area contributed by atoms with Gasteiger partial charge in [-0.25, -0.2) is 4.98 Å². The fraction of sp³-hybridized carbons (Fsp3) is 0. The van der Waals surface area contributed by atoms with Crippen molar-refractivity contribution in [3.63, 3.8) is 0 Å². The summed E-state index contributed by atoms with van der Waals surface area (Å²) in [4.78, 5) is 18.1. The van der Waals surface area contributed by atoms with Gasteiger partial charge in [0, 0.05) is 38.2 Å². The first-order valence-electron chi connectivity index (χ1n) is 16.8. The van der Waals surface area contributed by atoms with Crippen LogP contribution < -0.4 is 4.90 Å². The highest BCUT2D eigenvalue weighted by atomic mass is 16.3. The monoisotopic (exact) mass is 638 g/mol. The van der Waals surface area contributed by atoms with E-state index in [0.717, 1.165) is 66.2 Å². The summed E-state index contributed by atoms with van der Waals surface area (Å²) < 4.78 is 6.18. The van der Waals surface area contributed by atoms with Crippen LogP contribution in [0.25, 0.3) is 88.2 Å². The van der Waals surface area contributed by atoms with Crippen LogP contribution >= 0.6 is 0 Å². The summed E-state index contributed by atoms with van der Waals surface area (Å²) in [5.41, 5.74) is 7.97. The Hall–Kier alpha value is -6.85. The molecule has 5 nitrogen and oxygen atoms in total. The van der Waals surface area contributed by atoms with Crippen LogP contribution in [0.5, 0.6) is 0 Å². The number of hydrogen-bond donors (Lipinski definition) is 0. The topological polar surface area (TPSA) is 55.1 Å². The lowest BCUT2D eigenvalue weighted by Gasteiger charge is -2.33. The first kappa shape index (κ1) is 27.1. The Morgan fingerprint density at radius 1 is 0.420 bits per heavy atom. The summed E-state index contributed by atoms with van der Waals surface area (Å²) in [5, 5.41) is 9.04. The molecule has 0 amide bonds. The SMILES string of the molecule is c1ccc2cc(-c3nc(-c4ccc5oc6ccccc6c5c4)nc(N4c5c(ccc6ccccc56)-c5cccc6cccc4c56)n3)ccc2c1. The van der Waals surface area contributed by atoms with Gasteiger partial charge >= 0.3 is 0 Å². The summed E-state index contributed by atoms with van der Waals surface area (Å²) >= 11 is 0. The number of fused-ring (bicyclic) bond motifs is 8. The van der Waals surface area contributed by atoms with Crippen molar-refractivity contribution < 1.29 is 4.42 Å². The molecule has 0 unspecified atom stereocenters. The number of hydrogen-bond acceptors (Lipinski definition) is 5. The second kappa shape index (κ2) is 10.3. The van der Waals surface area contributed by atoms with E-state index < -0.39 is 0 Å². The van der Waals surface area contributed by atoms with Crippen LogP contribution in [0.15, 0.2) is 162 Å². The van der Waals surface area contributed by atoms with E-state index in [1.165, 1.54) is 21.7 Å². The van der Waals surface area contributed by atoms with Crippen molar-refractivity contribution in [1.82, 2.24) is 15.0 Å². The average Bonchev–Trinajstić information content (AvgIpc) is 3.56. The molecule has 0 aliphatic carbocycles. The molecule has 10 aromatic rings. The molecule has 11 rings (SSSR count). The second-order valence-corrected chi connectivity index (χ2v) is 12.9. The van der Waals surface area contributed by atoms with Crippen molar-refractivity contribution in [2.45, 2.75) is 0 Å². The summed E-state index contributed by atoms with van der Waals surface area (Å²) in [6, 6.07) is 55.2. The maximum atomic E-state index is 6.18. The van der Waals surface area contributed by atoms with Crippen molar-refractivity contribution in [3.8, 4) is 33.9 Å². The lowest BCUT2D eigenvalue weighted by molar-refractivity contribution is 0.669. The number of anilines is 3. The van der Waals surface area contributed by atoms with Gasteiger partial charge in [0.1, 0.15) is 11.2 Å². The van der Waals surface area contributed by atoms with Crippen LogP contribution in [0, 0.1) is 0 Å². The second-order valence-electron chi connectivity index (χ2n) is 12.9. The number of aromatic nitrogens is 3. The number of nitrogens with zero attached hydrogens (tertiary/aromatic N) is 4. The normalized spacial score (nSPS) is 12.4. The van der Waals surface area contributed by atoms with Crippen molar-refractivity contribution in [1.29, 1.82) is 0 Å². The van der Waals surface area contributed by atoms with Crippen LogP contribution in [-0.2, 0) is 0 Å². The van der Waals surface area contributed by atoms with E-state index in [2.05, 4.69) is 132 Å². The third-order valence-electron chi connectivity index (χ3n) is 10.0. The Morgan fingerprint density at radius 3 is 1.96 bits per heavy atom. The Labute approximate surface area is 286 Å². The molecule has 1 aliphatic rings. The van der Waals surface area contributed by atoms with Gasteiger partial charge in [-0.15, -0.1) is 0 Å². The van der Waals surface area contributed by atoms with E-state index in [-0.39, 0.29) is 0 Å². The van der Waals surface area contributed by atoms with E-state index in [9.17, 15) is 0 Å². The van der Waals surface area contributed by atoms with Gasteiger partial charge in [-0.05, 0) is 63.5 Å². The number of furan rings is 1. The van der Waals surface area contributed by atoms with Gasteiger partial charge in [0.05, 0.1) is 11.4 Å². The number of rotatable bonds is 3. The fourth-order valence-electron chi connectivity index (χ4n) is 7.69. The predicted octanol–water partition coefficient (Wildman–Crippen LogP) is 12.0. The van der Waals surface area contributed by atoms with Gasteiger partial charge in [0.15, 0.2) is 11.6 Å². The van der Waals surface area contributed by atoms with Crippen molar-refractivity contribution in [3.05, 3.63) is 158 Å². The third-order valence-corrected chi connectivity index (χ3v) is 10.0. The van der Waals surface area contributed by atoms with Crippen molar-refractivity contribution >= 4 is 71.6 Å². The molecule has 3 heterocycles. The molecule has 0 saturated carbocycles. The molecule has 0 fully saturated rings. The number of para-hydroxylation sites is 1. The van der Waals surface area contributed by atoms with Crippen molar-refractivity contribution in [2.24, 2.45) is 0 Å². The third kappa shape index (κ3) is 3.98. The van der Waals surface area contributed by atoms with Gasteiger partial charge in [-0.1, -0.05) is 121 Å². The van der Waals surface area contributed by atoms with E-state index in [4.69, 9.17) is 19.4 Å². The first-order valence-corrected chi connectivity index (χ1v) is 16.8. The highest BCUT2D eigenvalue weighted by Crippen LogP contribution is 2.52. The molecule has 5 heteroatoms. The zero-order valence-corrected chi connectivity index (χ0v) is 26.7. The van der Waals surface area contributed by atoms with Crippen LogP contribution in [-0.4, -0.2) is 15.0 Å². The highest BCUT2D eigenvalue weighted by molar-refractivity contribution is 6.18. The maximum absolute atomic E-state index is 6.18. The molecule has 232 valence electrons. The fourth-order valence-corrected chi connectivity index (χ4v) is 7.69. The minimum Gasteiger partial charge on any atom is -0.456 e. The minimum absolute atomic E-state index is 0.565. The molecular weight excluding hydrogens is 613 g/mol. The standard InChI is InChI=1S/C45H26N4O/c1-2-11-30-25-31(20-19-27(30)9-1)43-46-44(32-22-24-40-37(26-32)34-15-5-6-18-39(34)50-40)48-45(47-43)49-38-17-8-13-29-12-7-16-35(41(29)38)36-23-21-28-10-3-4-14-33(28)42(36)49/h1-26H. The Bertz CT molecular complexity index is 3010. The summed E-state index contributed by atoms with van der Waals surface area (Å²) in [7, 11) is 0. The number of benzene rings is 8. The van der Waals surface area contributed by atoms with E-state index >= 15 is 0 Å². The summed E-state index contributed by atoms with van der Waals surface area (Å²) in [5.74, 6) is 1.77. The Morgan fingerprint density at radius 2 is 1.08 bits per heavy atom. The summed E-state index contributed by atoms with van der Waals surface area (Å²) in [6.45, 7) is 0. The first-order chi connectivity index (χ1) is 24.8. The van der Waals surface area contributed by atoms with E-state index in [1.807, 2.05) is 30.3 Å². The van der Waals surface area contributed by atoms with Gasteiger partial charge < -0.3 is 4.42 Å². The summed E-state index contributed by atoms with van der Waals surface area (Å²) in [6.07, 6.45) is 0. The molecule has 0 radical (unpaired) electrons. The largest absolute Gasteiger partial charge is 0.456 e. The molecule has 0 spiro atoms. The van der Waals surface area contributed by atoms with E-state index in [0.29, 0.717) is 17.6 Å². The average molecular weight is 639 g/mol. The molecule has 0 bridgehead atoms. The van der Waals surface area contributed by atoms with Crippen LogP contribution in [0.1, 0.15) is 0 Å². The molecule has 0 saturated heterocycles. The molecular formula is C45H26N4O. The quantitative estimate of drug-likeness (QED) is 0.193. The molecule has 50 heavy (non-hydrogen) atoms. The molecule has 2 aromatic heterocycles. The zero-order valence-electron chi connectivity index (χ0n) is 26.7. The van der Waals surface area contributed by atoms with E-state index in [1.54, 1.807) is 0 Å². The Kier molecular flexibility index (Phi) is 5.60. The molecule has 0 atom stereocenters. The van der Waals surface area contributed by atoms with Gasteiger partial charge in [0.25, 0.3) is 0 Å². The molecule has 8 aromatic carbocycles. The highest BCUT2D eigenvalue weighted by Gasteiger charge is 2.30. The maximum Gasteiger partial charge on any atom is 0.238 e. The van der Waals surface area contributed by atoms with Gasteiger partial charge in [-0.2, -0.15) is 9.97 Å². The van der Waals surface area contributed by atoms with Crippen LogP contribution in [0.3, 0.4) is 0 Å². The predicted molar refractivity (Wildman–Crippen MR) is 204 cm³/mol. The van der Waals surface area contributed by atoms with Crippen LogP contribution in [0.4, 0.5) is 17.3 Å². The Balaban J connectivity index is 1.23. The van der Waals surface area contributed by atoms with Gasteiger partial charge in [0.2, 0.25) is 5.95 Å². The molecule has 0 N–H and O–H groups in total. The zero-order chi connectivity index (χ0) is 32.8.